The van der Waals surface area contributed by atoms with Gasteiger partial charge in [-0.3, -0.25) is 9.59 Å². The summed E-state index contributed by atoms with van der Waals surface area (Å²) in [6, 6.07) is 11.1. The van der Waals surface area contributed by atoms with Gasteiger partial charge in [-0.15, -0.1) is 0 Å². The lowest BCUT2D eigenvalue weighted by Gasteiger charge is -2.24. The van der Waals surface area contributed by atoms with Crippen molar-refractivity contribution in [3.05, 3.63) is 59.8 Å². The summed E-state index contributed by atoms with van der Waals surface area (Å²) < 4.78 is 41.4. The van der Waals surface area contributed by atoms with Gasteiger partial charge in [-0.25, -0.2) is 4.98 Å². The normalized spacial score (nSPS) is 16.5. The van der Waals surface area contributed by atoms with Gasteiger partial charge >= 0.3 is 6.18 Å². The second kappa shape index (κ2) is 8.93. The number of ether oxygens (including phenoxy) is 1. The Morgan fingerprint density at radius 2 is 1.97 bits per heavy atom. The van der Waals surface area contributed by atoms with E-state index in [1.807, 2.05) is 6.07 Å². The van der Waals surface area contributed by atoms with Crippen LogP contribution in [0.2, 0.25) is 0 Å². The summed E-state index contributed by atoms with van der Waals surface area (Å²) in [5.41, 5.74) is 1.07. The zero-order chi connectivity index (χ0) is 20.9. The number of hydrogen-bond acceptors (Lipinski definition) is 4. The van der Waals surface area contributed by atoms with Crippen LogP contribution in [0.1, 0.15) is 28.8 Å². The molecule has 0 spiro atoms. The van der Waals surface area contributed by atoms with E-state index in [0.717, 1.165) is 6.42 Å². The lowest BCUT2D eigenvalue weighted by Crippen LogP contribution is -2.45. The molecule has 1 atom stereocenters. The van der Waals surface area contributed by atoms with Crippen molar-refractivity contribution in [1.82, 2.24) is 15.2 Å². The van der Waals surface area contributed by atoms with Crippen molar-refractivity contribution in [2.24, 2.45) is 0 Å². The van der Waals surface area contributed by atoms with Crippen LogP contribution < -0.4 is 10.1 Å². The fraction of sp³-hybridized carbons (Fsp3) is 0.350. The van der Waals surface area contributed by atoms with E-state index in [1.165, 1.54) is 12.3 Å². The largest absolute Gasteiger partial charge is 0.468 e. The third kappa shape index (κ3) is 5.69. The number of aromatic nitrogens is 1. The summed E-state index contributed by atoms with van der Waals surface area (Å²) in [5.74, 6) is -0.674. The van der Waals surface area contributed by atoms with Gasteiger partial charge in [-0.1, -0.05) is 18.2 Å². The Hall–Kier alpha value is -3.10. The van der Waals surface area contributed by atoms with Crippen LogP contribution in [0.5, 0.6) is 5.88 Å². The molecule has 1 unspecified atom stereocenters. The Balaban J connectivity index is 1.58. The van der Waals surface area contributed by atoms with E-state index >= 15 is 0 Å². The van der Waals surface area contributed by atoms with Crippen molar-refractivity contribution >= 4 is 11.8 Å². The molecule has 1 aromatic heterocycles. The van der Waals surface area contributed by atoms with E-state index in [-0.39, 0.29) is 24.2 Å². The van der Waals surface area contributed by atoms with Crippen molar-refractivity contribution in [3.63, 3.8) is 0 Å². The van der Waals surface area contributed by atoms with Crippen LogP contribution in [-0.2, 0) is 11.3 Å². The second-order valence-electron chi connectivity index (χ2n) is 6.65. The maximum Gasteiger partial charge on any atom is 0.422 e. The number of carbonyl (C=O) groups is 2. The molecule has 0 radical (unpaired) electrons. The van der Waals surface area contributed by atoms with Crippen molar-refractivity contribution in [1.29, 1.82) is 0 Å². The topological polar surface area (TPSA) is 71.5 Å². The molecule has 154 valence electrons. The molecule has 9 heteroatoms. The van der Waals surface area contributed by atoms with E-state index in [0.29, 0.717) is 24.1 Å². The van der Waals surface area contributed by atoms with E-state index in [4.69, 9.17) is 0 Å². The molecule has 1 aliphatic heterocycles. The van der Waals surface area contributed by atoms with Crippen molar-refractivity contribution in [3.8, 4) is 5.88 Å². The number of rotatable bonds is 6. The Morgan fingerprint density at radius 1 is 1.21 bits per heavy atom. The quantitative estimate of drug-likeness (QED) is 0.799. The standard InChI is InChI=1S/C20H20F3N3O3/c21-20(22,23)13-29-17-11-14(8-9-24-17)12-25-18(27)16-7-4-10-26(16)19(28)15-5-2-1-3-6-15/h1-3,5-6,8-9,11,16H,4,7,10,12-13H2,(H,25,27). The minimum absolute atomic E-state index is 0.0909. The summed E-state index contributed by atoms with van der Waals surface area (Å²) in [5, 5.41) is 2.74. The number of benzene rings is 1. The molecule has 1 N–H and O–H groups in total. The Kier molecular flexibility index (Phi) is 6.36. The molecule has 1 fully saturated rings. The highest BCUT2D eigenvalue weighted by Crippen LogP contribution is 2.21. The van der Waals surface area contributed by atoms with Gasteiger partial charge in [0.05, 0.1) is 0 Å². The van der Waals surface area contributed by atoms with Gasteiger partial charge in [0.15, 0.2) is 6.61 Å². The Morgan fingerprint density at radius 3 is 2.69 bits per heavy atom. The molecule has 29 heavy (non-hydrogen) atoms. The first-order valence-corrected chi connectivity index (χ1v) is 9.12. The van der Waals surface area contributed by atoms with Gasteiger partial charge in [0, 0.05) is 30.9 Å². The van der Waals surface area contributed by atoms with E-state index in [1.54, 1.807) is 35.2 Å². The predicted molar refractivity (Wildman–Crippen MR) is 98.1 cm³/mol. The van der Waals surface area contributed by atoms with Gasteiger partial charge in [-0.2, -0.15) is 13.2 Å². The van der Waals surface area contributed by atoms with Gasteiger partial charge in [-0.05, 0) is 36.6 Å². The van der Waals surface area contributed by atoms with Crippen LogP contribution in [0.25, 0.3) is 0 Å². The van der Waals surface area contributed by atoms with Crippen LogP contribution in [0.3, 0.4) is 0 Å². The molecule has 0 saturated carbocycles. The SMILES string of the molecule is O=C(NCc1ccnc(OCC(F)(F)F)c1)C1CCCN1C(=O)c1ccccc1. The van der Waals surface area contributed by atoms with Crippen LogP contribution in [0.15, 0.2) is 48.7 Å². The molecular formula is C20H20F3N3O3. The highest BCUT2D eigenvalue weighted by Gasteiger charge is 2.34. The maximum absolute atomic E-state index is 12.7. The maximum atomic E-state index is 12.7. The zero-order valence-electron chi connectivity index (χ0n) is 15.5. The third-order valence-electron chi connectivity index (χ3n) is 4.49. The van der Waals surface area contributed by atoms with E-state index in [2.05, 4.69) is 15.0 Å². The fourth-order valence-corrected chi connectivity index (χ4v) is 3.13. The van der Waals surface area contributed by atoms with Gasteiger partial charge in [0.2, 0.25) is 11.8 Å². The third-order valence-corrected chi connectivity index (χ3v) is 4.49. The van der Waals surface area contributed by atoms with Gasteiger partial charge < -0.3 is 15.0 Å². The lowest BCUT2D eigenvalue weighted by molar-refractivity contribution is -0.154. The molecule has 2 amide bonds. The number of hydrogen-bond donors (Lipinski definition) is 1. The summed E-state index contributed by atoms with van der Waals surface area (Å²) in [4.78, 5) is 30.5. The molecule has 0 bridgehead atoms. The molecular weight excluding hydrogens is 387 g/mol. The number of nitrogens with one attached hydrogen (secondary N) is 1. The molecule has 1 saturated heterocycles. The van der Waals surface area contributed by atoms with Gasteiger partial charge in [0.1, 0.15) is 6.04 Å². The van der Waals surface area contributed by atoms with Crippen LogP contribution in [0, 0.1) is 0 Å². The Bertz CT molecular complexity index is 859. The van der Waals surface area contributed by atoms with Crippen molar-refractivity contribution in [2.45, 2.75) is 31.6 Å². The summed E-state index contributed by atoms with van der Waals surface area (Å²) in [7, 11) is 0. The molecule has 6 nitrogen and oxygen atoms in total. The smallest absolute Gasteiger partial charge is 0.422 e. The number of alkyl halides is 3. The van der Waals surface area contributed by atoms with Crippen molar-refractivity contribution < 1.29 is 27.5 Å². The number of nitrogens with zero attached hydrogens (tertiary/aromatic N) is 2. The summed E-state index contributed by atoms with van der Waals surface area (Å²) >= 11 is 0. The molecule has 0 aliphatic carbocycles. The molecule has 2 aromatic rings. The highest BCUT2D eigenvalue weighted by molar-refractivity contribution is 5.97. The lowest BCUT2D eigenvalue weighted by atomic mass is 10.1. The predicted octanol–water partition coefficient (Wildman–Crippen LogP) is 2.94. The first-order valence-electron chi connectivity index (χ1n) is 9.12. The van der Waals surface area contributed by atoms with E-state index in [9.17, 15) is 22.8 Å². The van der Waals surface area contributed by atoms with E-state index < -0.39 is 18.8 Å². The van der Waals surface area contributed by atoms with Gasteiger partial charge in [0.25, 0.3) is 5.91 Å². The zero-order valence-corrected chi connectivity index (χ0v) is 15.5. The first-order chi connectivity index (χ1) is 13.8. The molecule has 2 heterocycles. The number of carbonyl (C=O) groups excluding carboxylic acids is 2. The minimum atomic E-state index is -4.46. The van der Waals surface area contributed by atoms with Crippen LogP contribution in [-0.4, -0.2) is 47.1 Å². The van der Waals surface area contributed by atoms with Crippen LogP contribution in [0.4, 0.5) is 13.2 Å². The molecule has 3 rings (SSSR count). The number of amides is 2. The number of likely N-dealkylation sites (tertiary alicyclic amines) is 1. The van der Waals surface area contributed by atoms with Crippen molar-refractivity contribution in [2.75, 3.05) is 13.2 Å². The second-order valence-corrected chi connectivity index (χ2v) is 6.65. The monoisotopic (exact) mass is 407 g/mol. The average molecular weight is 407 g/mol. The fourth-order valence-electron chi connectivity index (χ4n) is 3.13. The molecule has 1 aliphatic rings. The average Bonchev–Trinajstić information content (AvgIpc) is 3.20. The molecule has 1 aromatic carbocycles. The number of pyridine rings is 1. The summed E-state index contributed by atoms with van der Waals surface area (Å²) in [6.07, 6.45) is -1.86. The van der Waals surface area contributed by atoms with Crippen LogP contribution >= 0.6 is 0 Å². The Labute approximate surface area is 165 Å². The first kappa shape index (κ1) is 20.6. The highest BCUT2D eigenvalue weighted by atomic mass is 19.4. The summed E-state index contributed by atoms with van der Waals surface area (Å²) in [6.45, 7) is -0.849. The minimum Gasteiger partial charge on any atom is -0.468 e. The number of halogens is 3.